The Kier molecular flexibility index (Phi) is 3.93. The molecule has 15 heavy (non-hydrogen) atoms. The fraction of sp³-hybridized carbons (Fsp3) is 0.444. The van der Waals surface area contributed by atoms with E-state index in [9.17, 15) is 0 Å². The molecule has 0 fully saturated rings. The molecule has 0 spiro atoms. The van der Waals surface area contributed by atoms with Crippen molar-refractivity contribution in [3.05, 3.63) is 17.8 Å². The number of aliphatic hydroxyl groups excluding tert-OH is 1. The molecule has 1 rings (SSSR count). The Morgan fingerprint density at radius 1 is 1.73 bits per heavy atom. The van der Waals surface area contributed by atoms with Crippen LogP contribution in [0.25, 0.3) is 0 Å². The normalized spacial score (nSPS) is 12.2. The molecule has 0 bridgehead atoms. The zero-order valence-electron chi connectivity index (χ0n) is 8.71. The molecule has 0 aliphatic rings. The fourth-order valence-electron chi connectivity index (χ4n) is 1.11. The van der Waals surface area contributed by atoms with Gasteiger partial charge in [0.15, 0.2) is 5.82 Å². The third kappa shape index (κ3) is 2.60. The molecule has 6 heteroatoms. The van der Waals surface area contributed by atoms with E-state index in [2.05, 4.69) is 10.2 Å². The first-order valence-electron chi connectivity index (χ1n) is 4.53. The maximum Gasteiger partial charge on any atom is 0.161 e. The molecule has 0 aromatic carbocycles. The smallest absolute Gasteiger partial charge is 0.161 e. The first kappa shape index (κ1) is 11.8. The number of anilines is 1. The van der Waals surface area contributed by atoms with E-state index in [0.29, 0.717) is 11.4 Å². The molecule has 0 saturated carbocycles. The maximum atomic E-state index is 9.04. The van der Waals surface area contributed by atoms with Crippen molar-refractivity contribution in [1.82, 2.24) is 10.2 Å². The van der Waals surface area contributed by atoms with Crippen molar-refractivity contribution < 1.29 is 5.11 Å². The summed E-state index contributed by atoms with van der Waals surface area (Å²) in [6.07, 6.45) is 1.54. The Labute approximate surface area is 93.9 Å². The predicted molar refractivity (Wildman–Crippen MR) is 62.9 cm³/mol. The van der Waals surface area contributed by atoms with Crippen LogP contribution in [-0.2, 0) is 0 Å². The number of thiocarbonyl (C=S) groups is 1. The van der Waals surface area contributed by atoms with Crippen LogP contribution < -0.4 is 10.6 Å². The number of nitrogens with zero attached hydrogens (tertiary/aromatic N) is 3. The van der Waals surface area contributed by atoms with Crippen LogP contribution in [0.15, 0.2) is 12.3 Å². The van der Waals surface area contributed by atoms with Crippen molar-refractivity contribution >= 4 is 23.0 Å². The Balaban J connectivity index is 3.07. The van der Waals surface area contributed by atoms with Gasteiger partial charge >= 0.3 is 0 Å². The predicted octanol–water partition coefficient (Wildman–Crippen LogP) is -0.0722. The van der Waals surface area contributed by atoms with Gasteiger partial charge in [-0.1, -0.05) is 12.2 Å². The first-order valence-corrected chi connectivity index (χ1v) is 4.94. The van der Waals surface area contributed by atoms with Gasteiger partial charge < -0.3 is 15.7 Å². The number of hydrogen-bond acceptors (Lipinski definition) is 5. The zero-order chi connectivity index (χ0) is 11.4. The minimum absolute atomic E-state index is 0.0316. The highest BCUT2D eigenvalue weighted by molar-refractivity contribution is 7.80. The third-order valence-corrected chi connectivity index (χ3v) is 2.45. The van der Waals surface area contributed by atoms with Gasteiger partial charge in [-0.2, -0.15) is 5.10 Å². The molecular weight excluding hydrogens is 212 g/mol. The second kappa shape index (κ2) is 4.99. The summed E-state index contributed by atoms with van der Waals surface area (Å²) in [4.78, 5) is 2.07. The van der Waals surface area contributed by atoms with Crippen LogP contribution in [0.2, 0.25) is 0 Å². The Bertz CT molecular complexity index is 358. The quantitative estimate of drug-likeness (QED) is 0.700. The van der Waals surface area contributed by atoms with Gasteiger partial charge in [-0.15, -0.1) is 5.10 Å². The molecule has 0 radical (unpaired) electrons. The number of likely N-dealkylation sites (N-methyl/N-ethyl adjacent to an activating group) is 1. The molecule has 1 heterocycles. The molecule has 0 saturated heterocycles. The van der Waals surface area contributed by atoms with Gasteiger partial charge in [0.2, 0.25) is 0 Å². The molecule has 1 unspecified atom stereocenters. The molecule has 3 N–H and O–H groups in total. The van der Waals surface area contributed by atoms with E-state index in [1.807, 2.05) is 14.0 Å². The molecule has 1 aromatic rings. The Morgan fingerprint density at radius 2 is 2.40 bits per heavy atom. The first-order chi connectivity index (χ1) is 7.07. The minimum Gasteiger partial charge on any atom is -0.394 e. The Hall–Kier alpha value is -1.27. The van der Waals surface area contributed by atoms with Crippen LogP contribution in [0.1, 0.15) is 12.5 Å². The third-order valence-electron chi connectivity index (χ3n) is 2.23. The lowest BCUT2D eigenvalue weighted by Gasteiger charge is -2.25. The van der Waals surface area contributed by atoms with E-state index in [4.69, 9.17) is 23.1 Å². The lowest BCUT2D eigenvalue weighted by Crippen LogP contribution is -2.34. The molecular formula is C9H14N4OS. The molecule has 0 amide bonds. The SMILES string of the molecule is CC(CO)N(C)c1nnccc1C(N)=S. The van der Waals surface area contributed by atoms with Crippen LogP contribution >= 0.6 is 12.2 Å². The lowest BCUT2D eigenvalue weighted by molar-refractivity contribution is 0.269. The Morgan fingerprint density at radius 3 is 2.93 bits per heavy atom. The maximum absolute atomic E-state index is 9.04. The number of hydrogen-bond donors (Lipinski definition) is 2. The molecule has 5 nitrogen and oxygen atoms in total. The average Bonchev–Trinajstić information content (AvgIpc) is 2.27. The molecule has 1 aromatic heterocycles. The van der Waals surface area contributed by atoms with Gasteiger partial charge in [-0.3, -0.25) is 0 Å². The number of aromatic nitrogens is 2. The monoisotopic (exact) mass is 226 g/mol. The molecule has 82 valence electrons. The highest BCUT2D eigenvalue weighted by atomic mass is 32.1. The summed E-state index contributed by atoms with van der Waals surface area (Å²) < 4.78 is 0. The van der Waals surface area contributed by atoms with Crippen molar-refractivity contribution in [2.24, 2.45) is 5.73 Å². The summed E-state index contributed by atoms with van der Waals surface area (Å²) in [6.45, 7) is 1.90. The minimum atomic E-state index is -0.0604. The lowest BCUT2D eigenvalue weighted by atomic mass is 10.2. The molecule has 0 aliphatic carbocycles. The van der Waals surface area contributed by atoms with Crippen LogP contribution in [-0.4, -0.2) is 40.0 Å². The van der Waals surface area contributed by atoms with Crippen molar-refractivity contribution in [1.29, 1.82) is 0 Å². The largest absolute Gasteiger partial charge is 0.394 e. The van der Waals surface area contributed by atoms with E-state index in [-0.39, 0.29) is 17.6 Å². The van der Waals surface area contributed by atoms with Crippen LogP contribution in [0.5, 0.6) is 0 Å². The molecule has 0 aliphatic heterocycles. The van der Waals surface area contributed by atoms with Gasteiger partial charge in [-0.25, -0.2) is 0 Å². The van der Waals surface area contributed by atoms with Crippen LogP contribution in [0.3, 0.4) is 0 Å². The van der Waals surface area contributed by atoms with Crippen molar-refractivity contribution in [3.63, 3.8) is 0 Å². The highest BCUT2D eigenvalue weighted by Gasteiger charge is 2.15. The van der Waals surface area contributed by atoms with E-state index < -0.39 is 0 Å². The fourth-order valence-corrected chi connectivity index (χ4v) is 1.27. The summed E-state index contributed by atoms with van der Waals surface area (Å²) in [5.74, 6) is 0.589. The van der Waals surface area contributed by atoms with E-state index >= 15 is 0 Å². The highest BCUT2D eigenvalue weighted by Crippen LogP contribution is 2.16. The summed E-state index contributed by atoms with van der Waals surface area (Å²) in [7, 11) is 1.81. The van der Waals surface area contributed by atoms with Gasteiger partial charge in [0.1, 0.15) is 4.99 Å². The average molecular weight is 226 g/mol. The van der Waals surface area contributed by atoms with Crippen LogP contribution in [0.4, 0.5) is 5.82 Å². The second-order valence-corrected chi connectivity index (χ2v) is 3.72. The van der Waals surface area contributed by atoms with E-state index in [1.54, 1.807) is 11.0 Å². The number of nitrogens with two attached hydrogens (primary N) is 1. The van der Waals surface area contributed by atoms with Crippen molar-refractivity contribution in [2.75, 3.05) is 18.6 Å². The summed E-state index contributed by atoms with van der Waals surface area (Å²) >= 11 is 4.91. The summed E-state index contributed by atoms with van der Waals surface area (Å²) in [6, 6.07) is 1.65. The van der Waals surface area contributed by atoms with Crippen molar-refractivity contribution in [2.45, 2.75) is 13.0 Å². The summed E-state index contributed by atoms with van der Waals surface area (Å²) in [5.41, 5.74) is 6.24. The van der Waals surface area contributed by atoms with E-state index in [0.717, 1.165) is 0 Å². The standard InChI is InChI=1S/C9H14N4OS/c1-6(5-14)13(2)9-7(8(10)15)3-4-11-12-9/h3-4,6,14H,5H2,1-2H3,(H2,10,15). The second-order valence-electron chi connectivity index (χ2n) is 3.28. The van der Waals surface area contributed by atoms with Gasteiger partial charge in [0.05, 0.1) is 24.4 Å². The van der Waals surface area contributed by atoms with Crippen molar-refractivity contribution in [3.8, 4) is 0 Å². The number of rotatable bonds is 4. The molecule has 1 atom stereocenters. The van der Waals surface area contributed by atoms with Crippen LogP contribution in [0, 0.1) is 0 Å². The summed E-state index contributed by atoms with van der Waals surface area (Å²) in [5, 5.41) is 16.8. The van der Waals surface area contributed by atoms with E-state index in [1.165, 1.54) is 6.20 Å². The van der Waals surface area contributed by atoms with Gasteiger partial charge in [0, 0.05) is 7.05 Å². The van der Waals surface area contributed by atoms with Gasteiger partial charge in [0.25, 0.3) is 0 Å². The topological polar surface area (TPSA) is 75.3 Å². The van der Waals surface area contributed by atoms with Gasteiger partial charge in [-0.05, 0) is 13.0 Å². The number of aliphatic hydroxyl groups is 1. The zero-order valence-corrected chi connectivity index (χ0v) is 9.53.